The number of ether oxygens (including phenoxy) is 1. The lowest BCUT2D eigenvalue weighted by molar-refractivity contribution is 0.0885. The first-order valence-electron chi connectivity index (χ1n) is 5.91. The number of carbonyl (C=O) groups excluding carboxylic acids is 1. The summed E-state index contributed by atoms with van der Waals surface area (Å²) in [5.74, 6) is 0.210. The Morgan fingerprint density at radius 1 is 1.50 bits per heavy atom. The molecule has 100 valence electrons. The van der Waals surface area contributed by atoms with Crippen LogP contribution >= 0.6 is 0 Å². The predicted molar refractivity (Wildman–Crippen MR) is 66.4 cm³/mol. The SMILES string of the molecule is CC[C@@H](C)[C@@H](CO)NC(=O)c1ccc(OC)nn1. The molecule has 0 saturated heterocycles. The maximum Gasteiger partial charge on any atom is 0.272 e. The molecule has 0 aliphatic heterocycles. The molecule has 1 rings (SSSR count). The van der Waals surface area contributed by atoms with Crippen LogP contribution in [0.15, 0.2) is 12.1 Å². The molecule has 0 saturated carbocycles. The van der Waals surface area contributed by atoms with E-state index in [1.54, 1.807) is 6.07 Å². The minimum atomic E-state index is -0.343. The van der Waals surface area contributed by atoms with Crippen LogP contribution in [0.25, 0.3) is 0 Å². The van der Waals surface area contributed by atoms with Gasteiger partial charge in [0.2, 0.25) is 5.88 Å². The van der Waals surface area contributed by atoms with Crippen molar-refractivity contribution in [2.75, 3.05) is 13.7 Å². The molecule has 0 aliphatic rings. The molecular weight excluding hydrogens is 234 g/mol. The van der Waals surface area contributed by atoms with Gasteiger partial charge < -0.3 is 15.2 Å². The van der Waals surface area contributed by atoms with Crippen molar-refractivity contribution < 1.29 is 14.6 Å². The second kappa shape index (κ2) is 6.90. The molecule has 1 aromatic rings. The van der Waals surface area contributed by atoms with Gasteiger partial charge in [-0.3, -0.25) is 4.79 Å². The minimum Gasteiger partial charge on any atom is -0.480 e. The van der Waals surface area contributed by atoms with E-state index < -0.39 is 0 Å². The standard InChI is InChI=1S/C12H19N3O3/c1-4-8(2)10(7-16)13-12(17)9-5-6-11(18-3)15-14-9/h5-6,8,10,16H,4,7H2,1-3H3,(H,13,17)/t8-,10-/m1/s1. The smallest absolute Gasteiger partial charge is 0.272 e. The van der Waals surface area contributed by atoms with E-state index in [-0.39, 0.29) is 30.2 Å². The number of carbonyl (C=O) groups is 1. The number of methoxy groups -OCH3 is 1. The number of hydrogen-bond acceptors (Lipinski definition) is 5. The van der Waals surface area contributed by atoms with Gasteiger partial charge in [0.25, 0.3) is 5.91 Å². The lowest BCUT2D eigenvalue weighted by Crippen LogP contribution is -2.42. The van der Waals surface area contributed by atoms with Gasteiger partial charge in [-0.05, 0) is 12.0 Å². The molecule has 1 heterocycles. The molecule has 0 radical (unpaired) electrons. The largest absolute Gasteiger partial charge is 0.480 e. The van der Waals surface area contributed by atoms with Gasteiger partial charge in [-0.2, -0.15) is 0 Å². The van der Waals surface area contributed by atoms with Crippen molar-refractivity contribution in [3.8, 4) is 5.88 Å². The molecule has 18 heavy (non-hydrogen) atoms. The number of aliphatic hydroxyl groups is 1. The van der Waals surface area contributed by atoms with E-state index in [0.717, 1.165) is 6.42 Å². The lowest BCUT2D eigenvalue weighted by atomic mass is 10.00. The minimum absolute atomic E-state index is 0.0929. The van der Waals surface area contributed by atoms with Crippen LogP contribution < -0.4 is 10.1 Å². The van der Waals surface area contributed by atoms with Crippen LogP contribution in [0.4, 0.5) is 0 Å². The van der Waals surface area contributed by atoms with Crippen molar-refractivity contribution in [3.05, 3.63) is 17.8 Å². The van der Waals surface area contributed by atoms with Crippen LogP contribution in [0, 0.1) is 5.92 Å². The molecule has 0 bridgehead atoms. The fourth-order valence-corrected chi connectivity index (χ4v) is 1.44. The highest BCUT2D eigenvalue weighted by atomic mass is 16.5. The second-order valence-corrected chi connectivity index (χ2v) is 4.11. The fourth-order valence-electron chi connectivity index (χ4n) is 1.44. The van der Waals surface area contributed by atoms with Crippen LogP contribution in [0.1, 0.15) is 30.8 Å². The number of nitrogens with one attached hydrogen (secondary N) is 1. The maximum absolute atomic E-state index is 11.9. The first-order chi connectivity index (χ1) is 8.62. The van der Waals surface area contributed by atoms with E-state index in [0.29, 0.717) is 5.88 Å². The third-order valence-corrected chi connectivity index (χ3v) is 2.93. The average Bonchev–Trinajstić information content (AvgIpc) is 2.43. The van der Waals surface area contributed by atoms with Crippen molar-refractivity contribution >= 4 is 5.91 Å². The van der Waals surface area contributed by atoms with Crippen LogP contribution in [0.5, 0.6) is 5.88 Å². The third kappa shape index (κ3) is 3.66. The Morgan fingerprint density at radius 3 is 2.67 bits per heavy atom. The molecular formula is C12H19N3O3. The van der Waals surface area contributed by atoms with Gasteiger partial charge in [0.1, 0.15) is 0 Å². The summed E-state index contributed by atoms with van der Waals surface area (Å²) in [7, 11) is 1.48. The van der Waals surface area contributed by atoms with E-state index in [2.05, 4.69) is 15.5 Å². The van der Waals surface area contributed by atoms with E-state index in [1.165, 1.54) is 13.2 Å². The van der Waals surface area contributed by atoms with Crippen LogP contribution in [-0.4, -0.2) is 41.0 Å². The molecule has 2 N–H and O–H groups in total. The first-order valence-corrected chi connectivity index (χ1v) is 5.91. The summed E-state index contributed by atoms with van der Waals surface area (Å²) in [4.78, 5) is 11.9. The number of aromatic nitrogens is 2. The quantitative estimate of drug-likeness (QED) is 0.776. The van der Waals surface area contributed by atoms with Gasteiger partial charge in [-0.1, -0.05) is 20.3 Å². The van der Waals surface area contributed by atoms with E-state index >= 15 is 0 Å². The normalized spacial score (nSPS) is 13.8. The molecule has 6 nitrogen and oxygen atoms in total. The Bertz CT molecular complexity index is 381. The van der Waals surface area contributed by atoms with E-state index in [1.807, 2.05) is 13.8 Å². The maximum atomic E-state index is 11.9. The number of amides is 1. The zero-order valence-electron chi connectivity index (χ0n) is 10.9. The Balaban J connectivity index is 2.68. The molecule has 0 aromatic carbocycles. The van der Waals surface area contributed by atoms with Crippen molar-refractivity contribution in [2.24, 2.45) is 5.92 Å². The van der Waals surface area contributed by atoms with Crippen molar-refractivity contribution in [1.82, 2.24) is 15.5 Å². The zero-order valence-corrected chi connectivity index (χ0v) is 10.9. The van der Waals surface area contributed by atoms with Crippen LogP contribution in [0.2, 0.25) is 0 Å². The summed E-state index contributed by atoms with van der Waals surface area (Å²) in [6, 6.07) is 2.83. The molecule has 6 heteroatoms. The second-order valence-electron chi connectivity index (χ2n) is 4.11. The molecule has 0 unspecified atom stereocenters. The molecule has 1 amide bonds. The molecule has 0 aliphatic carbocycles. The van der Waals surface area contributed by atoms with Crippen molar-refractivity contribution in [1.29, 1.82) is 0 Å². The summed E-state index contributed by atoms with van der Waals surface area (Å²) in [6.07, 6.45) is 0.875. The van der Waals surface area contributed by atoms with Crippen molar-refractivity contribution in [2.45, 2.75) is 26.3 Å². The molecule has 1 aromatic heterocycles. The highest BCUT2D eigenvalue weighted by Gasteiger charge is 2.19. The Morgan fingerprint density at radius 2 is 2.22 bits per heavy atom. The zero-order chi connectivity index (χ0) is 13.5. The van der Waals surface area contributed by atoms with Gasteiger partial charge >= 0.3 is 0 Å². The topological polar surface area (TPSA) is 84.3 Å². The number of rotatable bonds is 6. The molecule has 2 atom stereocenters. The summed E-state index contributed by atoms with van der Waals surface area (Å²) in [6.45, 7) is 3.89. The Labute approximate surface area is 106 Å². The summed E-state index contributed by atoms with van der Waals surface area (Å²) >= 11 is 0. The van der Waals surface area contributed by atoms with E-state index in [4.69, 9.17) is 4.74 Å². The average molecular weight is 253 g/mol. The summed E-state index contributed by atoms with van der Waals surface area (Å²) in [5.41, 5.74) is 0.206. The van der Waals surface area contributed by atoms with Gasteiger partial charge in [-0.25, -0.2) is 0 Å². The summed E-state index contributed by atoms with van der Waals surface area (Å²) in [5, 5.41) is 19.4. The third-order valence-electron chi connectivity index (χ3n) is 2.93. The Kier molecular flexibility index (Phi) is 5.51. The number of hydrogen-bond donors (Lipinski definition) is 2. The highest BCUT2D eigenvalue weighted by Crippen LogP contribution is 2.08. The van der Waals surface area contributed by atoms with Gasteiger partial charge in [0.05, 0.1) is 19.8 Å². The number of aliphatic hydroxyl groups excluding tert-OH is 1. The number of nitrogens with zero attached hydrogens (tertiary/aromatic N) is 2. The van der Waals surface area contributed by atoms with Gasteiger partial charge in [0.15, 0.2) is 5.69 Å². The van der Waals surface area contributed by atoms with Crippen LogP contribution in [-0.2, 0) is 0 Å². The Hall–Kier alpha value is -1.69. The first kappa shape index (κ1) is 14.4. The predicted octanol–water partition coefficient (Wildman–Crippen LogP) is 0.622. The fraction of sp³-hybridized carbons (Fsp3) is 0.583. The van der Waals surface area contributed by atoms with Crippen molar-refractivity contribution in [3.63, 3.8) is 0 Å². The van der Waals surface area contributed by atoms with E-state index in [9.17, 15) is 9.90 Å². The van der Waals surface area contributed by atoms with Gasteiger partial charge in [0, 0.05) is 6.07 Å². The lowest BCUT2D eigenvalue weighted by Gasteiger charge is -2.21. The molecule has 0 fully saturated rings. The summed E-state index contributed by atoms with van der Waals surface area (Å²) < 4.78 is 4.86. The van der Waals surface area contributed by atoms with Gasteiger partial charge in [-0.15, -0.1) is 10.2 Å². The highest BCUT2D eigenvalue weighted by molar-refractivity contribution is 5.92. The molecule has 0 spiro atoms. The monoisotopic (exact) mass is 253 g/mol. The van der Waals surface area contributed by atoms with Crippen LogP contribution in [0.3, 0.4) is 0 Å².